The number of nitrogen functional groups attached to an aromatic ring is 1. The summed E-state index contributed by atoms with van der Waals surface area (Å²) < 4.78 is 5.15. The van der Waals surface area contributed by atoms with Crippen molar-refractivity contribution in [3.8, 4) is 11.5 Å². The van der Waals surface area contributed by atoms with Gasteiger partial charge < -0.3 is 10.3 Å². The molecule has 1 aromatic heterocycles. The molecule has 16 heavy (non-hydrogen) atoms. The summed E-state index contributed by atoms with van der Waals surface area (Å²) in [6.07, 6.45) is 0. The highest BCUT2D eigenvalue weighted by molar-refractivity contribution is 6.33. The molecule has 0 saturated carbocycles. The highest BCUT2D eigenvalue weighted by Gasteiger charge is 2.13. The van der Waals surface area contributed by atoms with Gasteiger partial charge in [-0.1, -0.05) is 30.6 Å². The molecule has 0 aliphatic carbocycles. The molecular weight excluding hydrogens is 226 g/mol. The van der Waals surface area contributed by atoms with Crippen LogP contribution in [0, 0.1) is 0 Å². The Kier molecular flexibility index (Phi) is 2.83. The summed E-state index contributed by atoms with van der Waals surface area (Å²) >= 11 is 6.05. The van der Waals surface area contributed by atoms with Gasteiger partial charge in [0.1, 0.15) is 0 Å². The number of nitrogens with zero attached hydrogens (tertiary/aromatic N) is 2. The van der Waals surface area contributed by atoms with Crippen molar-refractivity contribution >= 4 is 17.3 Å². The van der Waals surface area contributed by atoms with E-state index in [-0.39, 0.29) is 5.92 Å². The standard InChI is InChI=1S/C11H12ClN3O/c1-6(2)10-14-11(16-15-10)8-4-3-7(13)5-9(8)12/h3-6H,13H2,1-2H3. The van der Waals surface area contributed by atoms with Crippen LogP contribution in [0.1, 0.15) is 25.6 Å². The van der Waals surface area contributed by atoms with Gasteiger partial charge in [0, 0.05) is 11.6 Å². The normalized spacial score (nSPS) is 11.0. The van der Waals surface area contributed by atoms with Crippen LogP contribution in [0.3, 0.4) is 0 Å². The van der Waals surface area contributed by atoms with E-state index in [4.69, 9.17) is 21.9 Å². The zero-order valence-corrected chi connectivity index (χ0v) is 9.82. The summed E-state index contributed by atoms with van der Waals surface area (Å²) in [5, 5.41) is 4.39. The Morgan fingerprint density at radius 1 is 1.38 bits per heavy atom. The van der Waals surface area contributed by atoms with Gasteiger partial charge in [0.2, 0.25) is 0 Å². The van der Waals surface area contributed by atoms with Crippen LogP contribution < -0.4 is 5.73 Å². The van der Waals surface area contributed by atoms with Crippen LogP contribution >= 0.6 is 11.6 Å². The number of hydrogen-bond donors (Lipinski definition) is 1. The first kappa shape index (κ1) is 11.0. The molecule has 0 aliphatic heterocycles. The van der Waals surface area contributed by atoms with E-state index < -0.39 is 0 Å². The molecule has 2 rings (SSSR count). The molecule has 0 amide bonds. The lowest BCUT2D eigenvalue weighted by molar-refractivity contribution is 0.419. The van der Waals surface area contributed by atoms with E-state index in [9.17, 15) is 0 Å². The van der Waals surface area contributed by atoms with Crippen LogP contribution in [0.2, 0.25) is 5.02 Å². The topological polar surface area (TPSA) is 64.9 Å². The Hall–Kier alpha value is -1.55. The summed E-state index contributed by atoms with van der Waals surface area (Å²) in [6.45, 7) is 4.00. The second kappa shape index (κ2) is 4.14. The monoisotopic (exact) mass is 237 g/mol. The molecule has 0 radical (unpaired) electrons. The number of halogens is 1. The fourth-order valence-corrected chi connectivity index (χ4v) is 1.55. The van der Waals surface area contributed by atoms with Crippen LogP contribution in [-0.2, 0) is 0 Å². The molecule has 84 valence electrons. The number of benzene rings is 1. The Labute approximate surface area is 98.4 Å². The first-order chi connectivity index (χ1) is 7.58. The fourth-order valence-electron chi connectivity index (χ4n) is 1.28. The van der Waals surface area contributed by atoms with Gasteiger partial charge >= 0.3 is 0 Å². The Balaban J connectivity index is 2.42. The van der Waals surface area contributed by atoms with Gasteiger partial charge in [0.25, 0.3) is 5.89 Å². The number of rotatable bonds is 2. The van der Waals surface area contributed by atoms with Gasteiger partial charge in [-0.15, -0.1) is 0 Å². The van der Waals surface area contributed by atoms with E-state index >= 15 is 0 Å². The van der Waals surface area contributed by atoms with Crippen molar-refractivity contribution in [2.45, 2.75) is 19.8 Å². The molecule has 1 aromatic carbocycles. The van der Waals surface area contributed by atoms with Gasteiger partial charge in [-0.05, 0) is 18.2 Å². The molecule has 4 nitrogen and oxygen atoms in total. The second-order valence-electron chi connectivity index (χ2n) is 3.85. The summed E-state index contributed by atoms with van der Waals surface area (Å²) in [7, 11) is 0. The lowest BCUT2D eigenvalue weighted by Gasteiger charge is -1.99. The first-order valence-corrected chi connectivity index (χ1v) is 5.34. The Bertz CT molecular complexity index is 508. The third kappa shape index (κ3) is 2.02. The van der Waals surface area contributed by atoms with Crippen LogP contribution in [-0.4, -0.2) is 10.1 Å². The third-order valence-electron chi connectivity index (χ3n) is 2.18. The molecule has 0 unspecified atom stereocenters. The molecule has 0 atom stereocenters. The van der Waals surface area contributed by atoms with Crippen molar-refractivity contribution in [1.29, 1.82) is 0 Å². The van der Waals surface area contributed by atoms with E-state index in [2.05, 4.69) is 10.1 Å². The average Bonchev–Trinajstić information content (AvgIpc) is 2.66. The predicted octanol–water partition coefficient (Wildman–Crippen LogP) is 3.10. The molecule has 2 aromatic rings. The van der Waals surface area contributed by atoms with Gasteiger partial charge in [0.05, 0.1) is 10.6 Å². The Morgan fingerprint density at radius 3 is 2.69 bits per heavy atom. The van der Waals surface area contributed by atoms with Crippen LogP contribution in [0.25, 0.3) is 11.5 Å². The number of nitrogens with two attached hydrogens (primary N) is 1. The molecule has 0 spiro atoms. The second-order valence-corrected chi connectivity index (χ2v) is 4.26. The average molecular weight is 238 g/mol. The van der Waals surface area contributed by atoms with Crippen LogP contribution in [0.5, 0.6) is 0 Å². The fraction of sp³-hybridized carbons (Fsp3) is 0.273. The highest BCUT2D eigenvalue weighted by atomic mass is 35.5. The van der Waals surface area contributed by atoms with Crippen molar-refractivity contribution in [2.24, 2.45) is 0 Å². The summed E-state index contributed by atoms with van der Waals surface area (Å²) in [5.41, 5.74) is 6.92. The van der Waals surface area contributed by atoms with E-state index in [1.807, 2.05) is 13.8 Å². The van der Waals surface area contributed by atoms with Crippen molar-refractivity contribution in [2.75, 3.05) is 5.73 Å². The zero-order chi connectivity index (χ0) is 11.7. The van der Waals surface area contributed by atoms with Gasteiger partial charge in [-0.2, -0.15) is 4.98 Å². The maximum atomic E-state index is 6.05. The van der Waals surface area contributed by atoms with Crippen molar-refractivity contribution in [3.63, 3.8) is 0 Å². The van der Waals surface area contributed by atoms with Crippen LogP contribution in [0.4, 0.5) is 5.69 Å². The molecule has 2 N–H and O–H groups in total. The van der Waals surface area contributed by atoms with Crippen LogP contribution in [0.15, 0.2) is 22.7 Å². The molecule has 0 aliphatic rings. The van der Waals surface area contributed by atoms with E-state index in [0.717, 1.165) is 0 Å². The summed E-state index contributed by atoms with van der Waals surface area (Å²) in [4.78, 5) is 4.27. The maximum absolute atomic E-state index is 6.05. The van der Waals surface area contributed by atoms with Gasteiger partial charge in [-0.25, -0.2) is 0 Å². The largest absolute Gasteiger partial charge is 0.399 e. The SMILES string of the molecule is CC(C)c1noc(-c2ccc(N)cc2Cl)n1. The molecule has 0 bridgehead atoms. The molecular formula is C11H12ClN3O. The predicted molar refractivity (Wildman–Crippen MR) is 63.2 cm³/mol. The van der Waals surface area contributed by atoms with Crippen molar-refractivity contribution in [1.82, 2.24) is 10.1 Å². The summed E-state index contributed by atoms with van der Waals surface area (Å²) in [5.74, 6) is 1.32. The number of hydrogen-bond acceptors (Lipinski definition) is 4. The van der Waals surface area contributed by atoms with Gasteiger partial charge in [0.15, 0.2) is 5.82 Å². The maximum Gasteiger partial charge on any atom is 0.259 e. The first-order valence-electron chi connectivity index (χ1n) is 4.97. The third-order valence-corrected chi connectivity index (χ3v) is 2.49. The minimum Gasteiger partial charge on any atom is -0.399 e. The van der Waals surface area contributed by atoms with E-state index in [1.165, 1.54) is 0 Å². The highest BCUT2D eigenvalue weighted by Crippen LogP contribution is 2.28. The minimum atomic E-state index is 0.227. The molecule has 5 heteroatoms. The number of aromatic nitrogens is 2. The lowest BCUT2D eigenvalue weighted by Crippen LogP contribution is -1.90. The lowest BCUT2D eigenvalue weighted by atomic mass is 10.2. The van der Waals surface area contributed by atoms with E-state index in [0.29, 0.717) is 28.0 Å². The molecule has 0 fully saturated rings. The van der Waals surface area contributed by atoms with E-state index in [1.54, 1.807) is 18.2 Å². The Morgan fingerprint density at radius 2 is 2.12 bits per heavy atom. The zero-order valence-electron chi connectivity index (χ0n) is 9.07. The quantitative estimate of drug-likeness (QED) is 0.816. The summed E-state index contributed by atoms with van der Waals surface area (Å²) in [6, 6.07) is 5.19. The van der Waals surface area contributed by atoms with Crippen molar-refractivity contribution in [3.05, 3.63) is 29.0 Å². The van der Waals surface area contributed by atoms with Crippen molar-refractivity contribution < 1.29 is 4.52 Å². The van der Waals surface area contributed by atoms with Gasteiger partial charge in [-0.3, -0.25) is 0 Å². The molecule has 0 saturated heterocycles. The minimum absolute atomic E-state index is 0.227. The number of anilines is 1. The smallest absolute Gasteiger partial charge is 0.259 e. The molecule has 1 heterocycles.